The molecule has 10 nitrogen and oxygen atoms in total. The molecule has 0 spiro atoms. The van der Waals surface area contributed by atoms with Gasteiger partial charge in [0.15, 0.2) is 0 Å². The van der Waals surface area contributed by atoms with E-state index in [0.29, 0.717) is 20.8 Å². The zero-order valence-electron chi connectivity index (χ0n) is 27.5. The van der Waals surface area contributed by atoms with Crippen LogP contribution < -0.4 is 0 Å². The molecule has 0 saturated heterocycles. The Morgan fingerprint density at radius 1 is 0.600 bits per heavy atom. The molecular formula is C38H34N2O8S2. The number of hydrogen-bond acceptors (Lipinski definition) is 8. The van der Waals surface area contributed by atoms with E-state index in [0.717, 1.165) is 39.4 Å². The van der Waals surface area contributed by atoms with Crippen LogP contribution in [0, 0.1) is 13.8 Å². The van der Waals surface area contributed by atoms with Gasteiger partial charge in [0.25, 0.3) is 20.0 Å². The predicted octanol–water partition coefficient (Wildman–Crippen LogP) is 7.27. The van der Waals surface area contributed by atoms with Crippen molar-refractivity contribution in [3.05, 3.63) is 144 Å². The number of aryl methyl sites for hydroxylation is 2. The Kier molecular flexibility index (Phi) is 13.5. The number of rotatable bonds is 7. The fourth-order valence-corrected chi connectivity index (χ4v) is 7.53. The van der Waals surface area contributed by atoms with Crippen LogP contribution in [0.4, 0.5) is 0 Å². The van der Waals surface area contributed by atoms with Gasteiger partial charge in [0.05, 0.1) is 20.8 Å². The number of benzene rings is 4. The van der Waals surface area contributed by atoms with Crippen LogP contribution in [0.1, 0.15) is 35.6 Å². The van der Waals surface area contributed by atoms with E-state index in [4.69, 9.17) is 19.2 Å². The Balaban J connectivity index is 0.000000235. The number of carbonyl (C=O) groups excluding carboxylic acids is 4. The van der Waals surface area contributed by atoms with E-state index in [-0.39, 0.29) is 12.3 Å². The number of hydrogen-bond donors (Lipinski definition) is 0. The first-order chi connectivity index (χ1) is 23.9. The second-order valence-corrected chi connectivity index (χ2v) is 14.3. The molecule has 12 heteroatoms. The summed E-state index contributed by atoms with van der Waals surface area (Å²) in [6.45, 7) is 9.67. The third-order valence-electron chi connectivity index (χ3n) is 7.29. The minimum Gasteiger partial charge on any atom is -0.241 e. The molecule has 0 aliphatic carbocycles. The highest BCUT2D eigenvalue weighted by Gasteiger charge is 2.19. The van der Waals surface area contributed by atoms with Crippen LogP contribution in [0.5, 0.6) is 0 Å². The lowest BCUT2D eigenvalue weighted by atomic mass is 10.1. The van der Waals surface area contributed by atoms with Crippen molar-refractivity contribution in [1.29, 1.82) is 0 Å². The van der Waals surface area contributed by atoms with Gasteiger partial charge in [-0.1, -0.05) is 79.3 Å². The molecule has 0 aliphatic heterocycles. The monoisotopic (exact) mass is 710 g/mol. The van der Waals surface area contributed by atoms with E-state index in [1.165, 1.54) is 7.94 Å². The predicted molar refractivity (Wildman–Crippen MR) is 191 cm³/mol. The maximum atomic E-state index is 12.8. The minimum absolute atomic E-state index is 0.250. The van der Waals surface area contributed by atoms with E-state index >= 15 is 0 Å². The van der Waals surface area contributed by atoms with Gasteiger partial charge in [-0.05, 0) is 92.1 Å². The van der Waals surface area contributed by atoms with Gasteiger partial charge in [-0.2, -0.15) is 19.2 Å². The standard InChI is InChI=1S/C19H19NO2S.C17H15NO2S.2CO2/c1-3-4-5-16-8-11-19-17(14-16)12-13-20(19)23(21,22)18-9-6-15(2)7-10-18;1-3-14-6-9-17-15(12-14)10-11-18(17)21(19,20)16-7-4-13(2)5-8-16;2*2-1-3/h4-14H,3H2,1-2H3;3-12H,1H2,2H3;;/b5-4+;;;. The summed E-state index contributed by atoms with van der Waals surface area (Å²) in [7, 11) is -7.14. The van der Waals surface area contributed by atoms with Gasteiger partial charge in [-0.3, -0.25) is 0 Å². The molecule has 0 bridgehead atoms. The smallest absolute Gasteiger partial charge is 0.241 e. The first kappa shape index (κ1) is 38.5. The van der Waals surface area contributed by atoms with Gasteiger partial charge in [-0.25, -0.2) is 24.8 Å². The third kappa shape index (κ3) is 9.16. The third-order valence-corrected chi connectivity index (χ3v) is 10.7. The Morgan fingerprint density at radius 2 is 0.980 bits per heavy atom. The molecule has 0 atom stereocenters. The molecule has 2 heterocycles. The van der Waals surface area contributed by atoms with Crippen molar-refractivity contribution in [1.82, 2.24) is 7.94 Å². The molecule has 4 aromatic carbocycles. The van der Waals surface area contributed by atoms with Gasteiger partial charge >= 0.3 is 12.3 Å². The van der Waals surface area contributed by atoms with Crippen molar-refractivity contribution < 1.29 is 36.0 Å². The van der Waals surface area contributed by atoms with Crippen LogP contribution in [0.3, 0.4) is 0 Å². The second kappa shape index (κ2) is 17.5. The normalized spacial score (nSPS) is 10.9. The van der Waals surface area contributed by atoms with E-state index in [2.05, 4.69) is 19.6 Å². The summed E-state index contributed by atoms with van der Waals surface area (Å²) in [6, 6.07) is 28.8. The number of aromatic nitrogens is 2. The molecular weight excluding hydrogens is 677 g/mol. The number of fused-ring (bicyclic) bond motifs is 2. The molecule has 0 radical (unpaired) electrons. The first-order valence-electron chi connectivity index (χ1n) is 15.0. The van der Waals surface area contributed by atoms with E-state index < -0.39 is 20.0 Å². The van der Waals surface area contributed by atoms with E-state index in [1.54, 1.807) is 67.0 Å². The Bertz CT molecular complexity index is 2400. The average Bonchev–Trinajstić information content (AvgIpc) is 3.73. The van der Waals surface area contributed by atoms with Gasteiger partial charge < -0.3 is 0 Å². The highest BCUT2D eigenvalue weighted by molar-refractivity contribution is 7.90. The topological polar surface area (TPSA) is 146 Å². The van der Waals surface area contributed by atoms with Crippen LogP contribution in [0.2, 0.25) is 0 Å². The van der Waals surface area contributed by atoms with Crippen molar-refractivity contribution in [3.8, 4) is 0 Å². The molecule has 0 N–H and O–H groups in total. The van der Waals surface area contributed by atoms with E-state index in [1.807, 2.05) is 68.5 Å². The quantitative estimate of drug-likeness (QED) is 0.168. The number of allylic oxidation sites excluding steroid dienone is 1. The van der Waals surface area contributed by atoms with Gasteiger partial charge in [0.2, 0.25) is 0 Å². The first-order valence-corrected chi connectivity index (χ1v) is 17.9. The van der Waals surface area contributed by atoms with Gasteiger partial charge in [-0.15, -0.1) is 0 Å². The van der Waals surface area contributed by atoms with Gasteiger partial charge in [0.1, 0.15) is 0 Å². The molecule has 256 valence electrons. The largest absolute Gasteiger partial charge is 0.373 e. The highest BCUT2D eigenvalue weighted by Crippen LogP contribution is 2.25. The van der Waals surface area contributed by atoms with Crippen LogP contribution in [-0.2, 0) is 39.2 Å². The summed E-state index contributed by atoms with van der Waals surface area (Å²) in [5.74, 6) is 0. The summed E-state index contributed by atoms with van der Waals surface area (Å²) in [5.41, 5.74) is 5.47. The molecule has 0 fully saturated rings. The lowest BCUT2D eigenvalue weighted by molar-refractivity contribution is -0.193. The summed E-state index contributed by atoms with van der Waals surface area (Å²) >= 11 is 0. The average molecular weight is 711 g/mol. The Morgan fingerprint density at radius 3 is 1.36 bits per heavy atom. The van der Waals surface area contributed by atoms with Crippen LogP contribution in [-0.4, -0.2) is 37.1 Å². The fourth-order valence-electron chi connectivity index (χ4n) is 4.82. The summed E-state index contributed by atoms with van der Waals surface area (Å²) < 4.78 is 53.8. The molecule has 0 amide bonds. The maximum absolute atomic E-state index is 12.8. The van der Waals surface area contributed by atoms with Crippen molar-refractivity contribution in [3.63, 3.8) is 0 Å². The van der Waals surface area contributed by atoms with E-state index in [9.17, 15) is 16.8 Å². The summed E-state index contributed by atoms with van der Waals surface area (Å²) in [6.07, 6.45) is 10.6. The van der Waals surface area contributed by atoms with Crippen LogP contribution in [0.15, 0.2) is 132 Å². The molecule has 2 aromatic heterocycles. The lowest BCUT2D eigenvalue weighted by Crippen LogP contribution is -2.11. The van der Waals surface area contributed by atoms with Crippen molar-refractivity contribution in [2.45, 2.75) is 37.0 Å². The van der Waals surface area contributed by atoms with Crippen molar-refractivity contribution >= 4 is 66.3 Å². The van der Waals surface area contributed by atoms with Crippen molar-refractivity contribution in [2.24, 2.45) is 0 Å². The zero-order chi connectivity index (χ0) is 36.9. The fraction of sp³-hybridized carbons (Fsp3) is 0.105. The molecule has 6 rings (SSSR count). The summed E-state index contributed by atoms with van der Waals surface area (Å²) in [4.78, 5) is 33.1. The molecule has 6 aromatic rings. The van der Waals surface area contributed by atoms with Crippen LogP contribution in [0.25, 0.3) is 34.0 Å². The van der Waals surface area contributed by atoms with Gasteiger partial charge in [0, 0.05) is 23.2 Å². The zero-order valence-corrected chi connectivity index (χ0v) is 29.1. The maximum Gasteiger partial charge on any atom is 0.373 e. The minimum atomic E-state index is -3.57. The number of nitrogens with zero attached hydrogens (tertiary/aromatic N) is 2. The second-order valence-electron chi connectivity index (χ2n) is 10.7. The lowest BCUT2D eigenvalue weighted by Gasteiger charge is -2.08. The Labute approximate surface area is 290 Å². The SMILES string of the molecule is C=Cc1ccc2c(ccn2S(=O)(=O)c2ccc(C)cc2)c1.CC/C=C/c1ccc2c(ccn2S(=O)(=O)c2ccc(C)cc2)c1.O=C=O.O=C=O. The van der Waals surface area contributed by atoms with Crippen molar-refractivity contribution in [2.75, 3.05) is 0 Å². The molecule has 50 heavy (non-hydrogen) atoms. The summed E-state index contributed by atoms with van der Waals surface area (Å²) in [5, 5.41) is 1.79. The van der Waals surface area contributed by atoms with Crippen LogP contribution >= 0.6 is 0 Å². The molecule has 0 aliphatic rings. The molecule has 0 unspecified atom stereocenters. The highest BCUT2D eigenvalue weighted by atomic mass is 32.2. The molecule has 0 saturated carbocycles. The Hall–Kier alpha value is -5.90.